The highest BCUT2D eigenvalue weighted by atomic mass is 16.5. The Kier molecular flexibility index (Phi) is 7.21. The topological polar surface area (TPSA) is 90.8 Å². The summed E-state index contributed by atoms with van der Waals surface area (Å²) in [5, 5.41) is 6.93. The van der Waals surface area contributed by atoms with Gasteiger partial charge < -0.3 is 24.8 Å². The Labute approximate surface area is 203 Å². The van der Waals surface area contributed by atoms with Gasteiger partial charge in [0.05, 0.1) is 26.8 Å². The molecule has 0 atom stereocenters. The van der Waals surface area contributed by atoms with Crippen LogP contribution in [0.25, 0.3) is 10.9 Å². The van der Waals surface area contributed by atoms with Gasteiger partial charge in [0.15, 0.2) is 0 Å². The fourth-order valence-corrected chi connectivity index (χ4v) is 3.80. The first-order chi connectivity index (χ1) is 17.0. The molecular weight excluding hydrogens is 446 g/mol. The summed E-state index contributed by atoms with van der Waals surface area (Å²) in [6, 6.07) is 22.0. The molecule has 0 saturated heterocycles. The zero-order chi connectivity index (χ0) is 24.8. The molecule has 0 bridgehead atoms. The van der Waals surface area contributed by atoms with E-state index >= 15 is 0 Å². The van der Waals surface area contributed by atoms with Crippen molar-refractivity contribution < 1.29 is 19.0 Å². The predicted octanol–water partition coefficient (Wildman–Crippen LogP) is 4.28. The third kappa shape index (κ3) is 5.55. The molecule has 0 saturated carbocycles. The lowest BCUT2D eigenvalue weighted by Gasteiger charge is -2.15. The maximum absolute atomic E-state index is 13.5. The van der Waals surface area contributed by atoms with Gasteiger partial charge >= 0.3 is 0 Å². The van der Waals surface area contributed by atoms with Crippen molar-refractivity contribution in [2.45, 2.75) is 13.1 Å². The van der Waals surface area contributed by atoms with Crippen LogP contribution < -0.4 is 30.4 Å². The summed E-state index contributed by atoms with van der Waals surface area (Å²) in [6.07, 6.45) is 0. The number of methoxy groups -OCH3 is 3. The third-order valence-electron chi connectivity index (χ3n) is 5.57. The maximum Gasteiger partial charge on any atom is 0.256 e. The number of ether oxygens (including phenoxy) is 3. The first-order valence-corrected chi connectivity index (χ1v) is 11.0. The molecule has 0 spiro atoms. The molecule has 35 heavy (non-hydrogen) atoms. The summed E-state index contributed by atoms with van der Waals surface area (Å²) in [5.41, 5.74) is 2.30. The Hall–Kier alpha value is -4.46. The summed E-state index contributed by atoms with van der Waals surface area (Å²) in [6.45, 7) is 0.140. The molecule has 0 fully saturated rings. The average Bonchev–Trinajstić information content (AvgIpc) is 2.89. The quantitative estimate of drug-likeness (QED) is 0.377. The van der Waals surface area contributed by atoms with Gasteiger partial charge in [0.1, 0.15) is 23.8 Å². The normalized spacial score (nSPS) is 10.6. The van der Waals surface area contributed by atoms with Gasteiger partial charge in [-0.05, 0) is 35.7 Å². The molecular formula is C27H27N3O5. The summed E-state index contributed by atoms with van der Waals surface area (Å²) in [4.78, 5) is 26.5. The second-order valence-electron chi connectivity index (χ2n) is 7.85. The molecule has 0 aliphatic rings. The van der Waals surface area contributed by atoms with Gasteiger partial charge in [0.25, 0.3) is 5.56 Å². The number of rotatable bonds is 9. The molecule has 8 heteroatoms. The van der Waals surface area contributed by atoms with Crippen molar-refractivity contribution in [1.29, 1.82) is 0 Å². The second-order valence-corrected chi connectivity index (χ2v) is 7.85. The molecule has 0 unspecified atom stereocenters. The van der Waals surface area contributed by atoms with Crippen molar-refractivity contribution >= 4 is 28.2 Å². The van der Waals surface area contributed by atoms with E-state index in [9.17, 15) is 9.59 Å². The molecule has 1 amide bonds. The molecule has 0 aliphatic carbocycles. The van der Waals surface area contributed by atoms with Crippen molar-refractivity contribution in [3.63, 3.8) is 0 Å². The molecule has 1 aromatic heterocycles. The van der Waals surface area contributed by atoms with E-state index in [1.165, 1.54) is 18.8 Å². The number of fused-ring (bicyclic) bond motifs is 1. The van der Waals surface area contributed by atoms with Crippen LogP contribution in [-0.2, 0) is 17.9 Å². The van der Waals surface area contributed by atoms with Gasteiger partial charge in [-0.1, -0.05) is 18.2 Å². The third-order valence-corrected chi connectivity index (χ3v) is 5.57. The number of anilines is 2. The number of pyridine rings is 1. The maximum atomic E-state index is 13.5. The zero-order valence-corrected chi connectivity index (χ0v) is 19.8. The van der Waals surface area contributed by atoms with Gasteiger partial charge in [-0.15, -0.1) is 0 Å². The van der Waals surface area contributed by atoms with Gasteiger partial charge in [0, 0.05) is 47.7 Å². The molecule has 0 aliphatic heterocycles. The van der Waals surface area contributed by atoms with Gasteiger partial charge in [-0.3, -0.25) is 14.2 Å². The fourth-order valence-electron chi connectivity index (χ4n) is 3.80. The lowest BCUT2D eigenvalue weighted by molar-refractivity contribution is -0.116. The van der Waals surface area contributed by atoms with Gasteiger partial charge in [-0.25, -0.2) is 0 Å². The number of amides is 1. The van der Waals surface area contributed by atoms with E-state index < -0.39 is 0 Å². The highest BCUT2D eigenvalue weighted by Gasteiger charge is 2.14. The van der Waals surface area contributed by atoms with E-state index in [1.807, 2.05) is 48.5 Å². The first kappa shape index (κ1) is 23.7. The summed E-state index contributed by atoms with van der Waals surface area (Å²) >= 11 is 0. The van der Waals surface area contributed by atoms with E-state index in [2.05, 4.69) is 10.6 Å². The Morgan fingerprint density at radius 1 is 0.800 bits per heavy atom. The minimum Gasteiger partial charge on any atom is -0.497 e. The molecule has 1 heterocycles. The van der Waals surface area contributed by atoms with Gasteiger partial charge in [0.2, 0.25) is 5.91 Å². The Balaban J connectivity index is 1.67. The highest BCUT2D eigenvalue weighted by Crippen LogP contribution is 2.26. The fraction of sp³-hybridized carbons (Fsp3) is 0.185. The van der Waals surface area contributed by atoms with Gasteiger partial charge in [-0.2, -0.15) is 0 Å². The molecule has 180 valence electrons. The van der Waals surface area contributed by atoms with Crippen LogP contribution in [0.1, 0.15) is 5.56 Å². The number of benzene rings is 3. The van der Waals surface area contributed by atoms with Crippen LogP contribution in [0.4, 0.5) is 11.4 Å². The van der Waals surface area contributed by atoms with Crippen LogP contribution in [0.15, 0.2) is 77.6 Å². The van der Waals surface area contributed by atoms with Crippen molar-refractivity contribution in [3.05, 3.63) is 88.7 Å². The molecule has 4 aromatic rings. The highest BCUT2D eigenvalue weighted by molar-refractivity contribution is 5.92. The molecule has 0 radical (unpaired) electrons. The van der Waals surface area contributed by atoms with Crippen LogP contribution in [0.3, 0.4) is 0 Å². The van der Waals surface area contributed by atoms with E-state index in [0.29, 0.717) is 40.6 Å². The van der Waals surface area contributed by atoms with Crippen molar-refractivity contribution in [2.24, 2.45) is 0 Å². The van der Waals surface area contributed by atoms with Crippen molar-refractivity contribution in [2.75, 3.05) is 32.0 Å². The van der Waals surface area contributed by atoms with Crippen LogP contribution in [0.2, 0.25) is 0 Å². The van der Waals surface area contributed by atoms with Crippen LogP contribution in [0.5, 0.6) is 17.2 Å². The number of para-hydroxylation sites is 1. The summed E-state index contributed by atoms with van der Waals surface area (Å²) in [7, 11) is 4.63. The standard InChI is InChI=1S/C27H27N3O5/c1-33-22-10-9-18-11-19(16-28-20-7-5-4-6-8-20)27(32)30(25(18)15-22)17-26(31)29-21-12-23(34-2)14-24(13-21)35-3/h4-15,28H,16-17H2,1-3H3,(H,29,31). The molecule has 8 nitrogen and oxygen atoms in total. The number of hydrogen-bond acceptors (Lipinski definition) is 6. The number of carbonyl (C=O) groups excluding carboxylic acids is 1. The summed E-state index contributed by atoms with van der Waals surface area (Å²) < 4.78 is 17.4. The van der Waals surface area contributed by atoms with Crippen molar-refractivity contribution in [1.82, 2.24) is 4.57 Å². The second kappa shape index (κ2) is 10.6. The number of hydrogen-bond donors (Lipinski definition) is 2. The predicted molar refractivity (Wildman–Crippen MR) is 137 cm³/mol. The van der Waals surface area contributed by atoms with E-state index in [1.54, 1.807) is 31.4 Å². The average molecular weight is 474 g/mol. The molecule has 2 N–H and O–H groups in total. The van der Waals surface area contributed by atoms with E-state index in [4.69, 9.17) is 14.2 Å². The van der Waals surface area contributed by atoms with Crippen LogP contribution in [-0.4, -0.2) is 31.8 Å². The Morgan fingerprint density at radius 2 is 1.49 bits per heavy atom. The van der Waals surface area contributed by atoms with Crippen molar-refractivity contribution in [3.8, 4) is 17.2 Å². The Morgan fingerprint density at radius 3 is 2.14 bits per heavy atom. The van der Waals surface area contributed by atoms with E-state index in [-0.39, 0.29) is 18.0 Å². The first-order valence-electron chi connectivity index (χ1n) is 11.0. The van der Waals surface area contributed by atoms with Crippen LogP contribution in [0, 0.1) is 0 Å². The zero-order valence-electron chi connectivity index (χ0n) is 19.8. The largest absolute Gasteiger partial charge is 0.497 e. The molecule has 4 rings (SSSR count). The Bertz CT molecular complexity index is 1380. The minimum absolute atomic E-state index is 0.179. The minimum atomic E-state index is -0.361. The molecule has 3 aromatic carbocycles. The summed E-state index contributed by atoms with van der Waals surface area (Å²) in [5.74, 6) is 1.32. The van der Waals surface area contributed by atoms with E-state index in [0.717, 1.165) is 11.1 Å². The lowest BCUT2D eigenvalue weighted by Crippen LogP contribution is -2.30. The smallest absolute Gasteiger partial charge is 0.256 e. The number of nitrogens with zero attached hydrogens (tertiary/aromatic N) is 1. The number of aromatic nitrogens is 1. The number of carbonyl (C=O) groups is 1. The monoisotopic (exact) mass is 473 g/mol. The SMILES string of the molecule is COc1cc(NC(=O)Cn2c(=O)c(CNc3ccccc3)cc3ccc(OC)cc32)cc(OC)c1. The van der Waals surface area contributed by atoms with Crippen LogP contribution >= 0.6 is 0 Å². The number of nitrogens with one attached hydrogen (secondary N) is 2. The lowest BCUT2D eigenvalue weighted by atomic mass is 10.1.